The molecule has 0 amide bonds. The first-order valence-corrected chi connectivity index (χ1v) is 8.14. The van der Waals surface area contributed by atoms with Crippen molar-refractivity contribution in [2.75, 3.05) is 0 Å². The summed E-state index contributed by atoms with van der Waals surface area (Å²) in [5.41, 5.74) is 2.09. The quantitative estimate of drug-likeness (QED) is 0.550. The van der Waals surface area contributed by atoms with Crippen LogP contribution in [0.3, 0.4) is 0 Å². The van der Waals surface area contributed by atoms with Gasteiger partial charge in [0.1, 0.15) is 22.0 Å². The summed E-state index contributed by atoms with van der Waals surface area (Å²) in [5.74, 6) is -0.0714. The molecule has 0 aliphatic rings. The number of phenolic OH excluding ortho intramolecular Hbond substituents is 1. The maximum absolute atomic E-state index is 12.1. The summed E-state index contributed by atoms with van der Waals surface area (Å²) in [4.78, 5) is 20.0. The molecule has 3 rings (SSSR count). The molecule has 0 bridgehead atoms. The number of aryl methyl sites for hydroxylation is 2. The summed E-state index contributed by atoms with van der Waals surface area (Å²) in [6, 6.07) is 8.29. The van der Waals surface area contributed by atoms with Gasteiger partial charge in [0.05, 0.1) is 5.69 Å². The fourth-order valence-corrected chi connectivity index (χ4v) is 2.78. The molecule has 0 aliphatic heterocycles. The van der Waals surface area contributed by atoms with Crippen LogP contribution in [-0.4, -0.2) is 21.0 Å². The third-order valence-electron chi connectivity index (χ3n) is 3.28. The lowest BCUT2D eigenvalue weighted by Gasteiger charge is -2.03. The van der Waals surface area contributed by atoms with Gasteiger partial charge in [-0.2, -0.15) is 0 Å². The van der Waals surface area contributed by atoms with Crippen LogP contribution in [0.5, 0.6) is 11.6 Å². The minimum absolute atomic E-state index is 0.187. The van der Waals surface area contributed by atoms with Crippen molar-refractivity contribution in [1.82, 2.24) is 9.97 Å². The van der Waals surface area contributed by atoms with E-state index in [4.69, 9.17) is 4.74 Å². The van der Waals surface area contributed by atoms with E-state index >= 15 is 0 Å². The number of thiophene rings is 1. The van der Waals surface area contributed by atoms with Crippen molar-refractivity contribution in [3.63, 3.8) is 0 Å². The smallest absolute Gasteiger partial charge is 0.355 e. The molecular weight excluding hydrogens is 340 g/mol. The van der Waals surface area contributed by atoms with Crippen LogP contribution in [0.2, 0.25) is 0 Å². The number of hydrogen-bond donors (Lipinski definition) is 1. The van der Waals surface area contributed by atoms with E-state index in [-0.39, 0.29) is 11.6 Å². The lowest BCUT2D eigenvalue weighted by Crippen LogP contribution is -2.07. The van der Waals surface area contributed by atoms with Crippen molar-refractivity contribution < 1.29 is 14.6 Å². The van der Waals surface area contributed by atoms with Gasteiger partial charge in [0.15, 0.2) is 0 Å². The maximum atomic E-state index is 12.1. The predicted octanol–water partition coefficient (Wildman–Crippen LogP) is 4.50. The Kier molecular flexibility index (Phi) is 4.80. The molecule has 0 saturated heterocycles. The van der Waals surface area contributed by atoms with Crippen LogP contribution >= 0.6 is 11.3 Å². The number of benzene rings is 1. The zero-order chi connectivity index (χ0) is 17.8. The molecule has 1 aromatic carbocycles. The molecule has 2 aromatic heterocycles. The molecule has 0 fully saturated rings. The van der Waals surface area contributed by atoms with Gasteiger partial charge in [-0.05, 0) is 49.2 Å². The molecule has 0 radical (unpaired) electrons. The van der Waals surface area contributed by atoms with Crippen LogP contribution in [-0.2, 0) is 0 Å². The average Bonchev–Trinajstić information content (AvgIpc) is 3.08. The van der Waals surface area contributed by atoms with Crippen molar-refractivity contribution in [2.45, 2.75) is 13.8 Å². The van der Waals surface area contributed by atoms with E-state index in [2.05, 4.69) is 20.2 Å². The lowest BCUT2D eigenvalue weighted by atomic mass is 10.1. The zero-order valence-corrected chi connectivity index (χ0v) is 14.3. The molecule has 0 spiro atoms. The number of ether oxygens (including phenoxy) is 1. The average molecular weight is 354 g/mol. The Morgan fingerprint density at radius 1 is 1.16 bits per heavy atom. The van der Waals surface area contributed by atoms with Crippen LogP contribution in [0.1, 0.15) is 20.8 Å². The highest BCUT2D eigenvalue weighted by molar-refractivity contribution is 7.17. The number of carbonyl (C=O) groups is 1. The number of phenols is 1. The molecule has 2 heterocycles. The second kappa shape index (κ2) is 7.18. The van der Waals surface area contributed by atoms with E-state index in [9.17, 15) is 9.90 Å². The van der Waals surface area contributed by atoms with Gasteiger partial charge in [0.2, 0.25) is 5.88 Å². The van der Waals surface area contributed by atoms with E-state index in [0.29, 0.717) is 15.6 Å². The molecule has 3 aromatic rings. The minimum atomic E-state index is -0.513. The summed E-state index contributed by atoms with van der Waals surface area (Å²) in [6.07, 6.45) is 2.80. The number of rotatable bonds is 4. The molecule has 0 aliphatic carbocycles. The van der Waals surface area contributed by atoms with Gasteiger partial charge in [-0.3, -0.25) is 0 Å². The van der Waals surface area contributed by atoms with E-state index in [1.807, 2.05) is 0 Å². The number of carbonyl (C=O) groups excluding carboxylic acids is 1. The summed E-state index contributed by atoms with van der Waals surface area (Å²) in [7, 11) is 0. The molecule has 7 nitrogen and oxygen atoms in total. The van der Waals surface area contributed by atoms with Crippen LogP contribution < -0.4 is 4.74 Å². The normalized spacial score (nSPS) is 11.0. The monoisotopic (exact) mass is 354 g/mol. The van der Waals surface area contributed by atoms with Crippen molar-refractivity contribution >= 4 is 28.0 Å². The standard InChI is InChI=1S/C17H14N4O3S/c1-10-7-12(8-11(2)16(10)22)20-21-15-4-3-13(25-15)17(23)24-14-5-6-18-9-19-14/h3-9,22H,1-2H3/b21-20+. The van der Waals surface area contributed by atoms with Gasteiger partial charge in [-0.1, -0.05) is 0 Å². The number of nitrogens with zero attached hydrogens (tertiary/aromatic N) is 4. The topological polar surface area (TPSA) is 97.0 Å². The largest absolute Gasteiger partial charge is 0.507 e. The molecule has 25 heavy (non-hydrogen) atoms. The summed E-state index contributed by atoms with van der Waals surface area (Å²) < 4.78 is 5.14. The van der Waals surface area contributed by atoms with Crippen LogP contribution in [0, 0.1) is 13.8 Å². The highest BCUT2D eigenvalue weighted by Gasteiger charge is 2.12. The fourth-order valence-electron chi connectivity index (χ4n) is 2.07. The Hall–Kier alpha value is -3.13. The molecule has 0 saturated carbocycles. The zero-order valence-electron chi connectivity index (χ0n) is 13.5. The van der Waals surface area contributed by atoms with Crippen LogP contribution in [0.15, 0.2) is 53.1 Å². The third kappa shape index (κ3) is 4.04. The van der Waals surface area contributed by atoms with E-state index in [1.165, 1.54) is 18.6 Å². The van der Waals surface area contributed by atoms with E-state index < -0.39 is 5.97 Å². The SMILES string of the molecule is Cc1cc(/N=N/c2ccc(C(=O)Oc3ccncn3)s2)cc(C)c1O. The van der Waals surface area contributed by atoms with Gasteiger partial charge in [-0.15, -0.1) is 21.6 Å². The Labute approximate surface area is 147 Å². The second-order valence-corrected chi connectivity index (χ2v) is 6.27. The Morgan fingerprint density at radius 2 is 1.92 bits per heavy atom. The Morgan fingerprint density at radius 3 is 2.60 bits per heavy atom. The van der Waals surface area contributed by atoms with Gasteiger partial charge in [-0.25, -0.2) is 14.8 Å². The molecule has 126 valence electrons. The summed E-state index contributed by atoms with van der Waals surface area (Å²) >= 11 is 1.16. The van der Waals surface area contributed by atoms with Crippen molar-refractivity contribution in [2.24, 2.45) is 10.2 Å². The Balaban J connectivity index is 1.72. The first-order chi connectivity index (χ1) is 12.0. The first kappa shape index (κ1) is 16.7. The Bertz CT molecular complexity index is 915. The highest BCUT2D eigenvalue weighted by atomic mass is 32.1. The second-order valence-electron chi connectivity index (χ2n) is 5.20. The number of hydrogen-bond acceptors (Lipinski definition) is 8. The maximum Gasteiger partial charge on any atom is 0.355 e. The van der Waals surface area contributed by atoms with Crippen molar-refractivity contribution in [3.8, 4) is 11.6 Å². The minimum Gasteiger partial charge on any atom is -0.507 e. The number of aromatic nitrogens is 2. The summed E-state index contributed by atoms with van der Waals surface area (Å²) in [6.45, 7) is 3.60. The van der Waals surface area contributed by atoms with Gasteiger partial charge in [0.25, 0.3) is 0 Å². The third-order valence-corrected chi connectivity index (χ3v) is 4.23. The molecule has 8 heteroatoms. The number of azo groups is 1. The number of esters is 1. The van der Waals surface area contributed by atoms with Crippen LogP contribution in [0.25, 0.3) is 0 Å². The molecule has 1 N–H and O–H groups in total. The van der Waals surface area contributed by atoms with Crippen molar-refractivity contribution in [1.29, 1.82) is 0 Å². The predicted molar refractivity (Wildman–Crippen MR) is 93.1 cm³/mol. The molecular formula is C17H14N4O3S. The highest BCUT2D eigenvalue weighted by Crippen LogP contribution is 2.30. The molecule has 0 atom stereocenters. The van der Waals surface area contributed by atoms with Crippen LogP contribution in [0.4, 0.5) is 10.7 Å². The first-order valence-electron chi connectivity index (χ1n) is 7.33. The van der Waals surface area contributed by atoms with Crippen molar-refractivity contribution in [3.05, 3.63) is 58.9 Å². The van der Waals surface area contributed by atoms with Gasteiger partial charge < -0.3 is 9.84 Å². The lowest BCUT2D eigenvalue weighted by molar-refractivity contribution is 0.0732. The number of aromatic hydroxyl groups is 1. The summed E-state index contributed by atoms with van der Waals surface area (Å²) in [5, 5.41) is 18.6. The van der Waals surface area contributed by atoms with Gasteiger partial charge >= 0.3 is 5.97 Å². The van der Waals surface area contributed by atoms with Gasteiger partial charge in [0, 0.05) is 12.3 Å². The fraction of sp³-hybridized carbons (Fsp3) is 0.118. The van der Waals surface area contributed by atoms with E-state index in [1.54, 1.807) is 38.1 Å². The molecule has 0 unspecified atom stereocenters. The van der Waals surface area contributed by atoms with E-state index in [0.717, 1.165) is 22.5 Å².